The molecule has 7 nitrogen and oxygen atoms in total. The van der Waals surface area contributed by atoms with Crippen LogP contribution >= 0.6 is 11.6 Å². The maximum atomic E-state index is 14.8. The van der Waals surface area contributed by atoms with Gasteiger partial charge in [-0.25, -0.2) is 4.39 Å². The van der Waals surface area contributed by atoms with E-state index in [0.717, 1.165) is 31.3 Å². The molecule has 0 bridgehead atoms. The summed E-state index contributed by atoms with van der Waals surface area (Å²) in [5.41, 5.74) is 3.02. The highest BCUT2D eigenvalue weighted by atomic mass is 35.5. The van der Waals surface area contributed by atoms with Gasteiger partial charge in [0.05, 0.1) is 47.1 Å². The third kappa shape index (κ3) is 3.59. The summed E-state index contributed by atoms with van der Waals surface area (Å²) < 4.78 is 25.8. The molecule has 1 fully saturated rings. The summed E-state index contributed by atoms with van der Waals surface area (Å²) in [4.78, 5) is 20.2. The zero-order chi connectivity index (χ0) is 22.2. The number of nitrogens with one attached hydrogen (secondary N) is 3. The average Bonchev–Trinajstić information content (AvgIpc) is 3.12. The number of carbonyl (C=O) groups is 1. The predicted octanol–water partition coefficient (Wildman–Crippen LogP) is 4.63. The lowest BCUT2D eigenvalue weighted by Crippen LogP contribution is -2.38. The van der Waals surface area contributed by atoms with E-state index in [-0.39, 0.29) is 17.9 Å². The molecule has 1 aromatic carbocycles. The Morgan fingerprint density at radius 2 is 2.22 bits per heavy atom. The van der Waals surface area contributed by atoms with Crippen LogP contribution in [0.5, 0.6) is 5.75 Å². The van der Waals surface area contributed by atoms with E-state index in [4.69, 9.17) is 21.1 Å². The Balaban J connectivity index is 1.66. The van der Waals surface area contributed by atoms with E-state index < -0.39 is 5.82 Å². The summed E-state index contributed by atoms with van der Waals surface area (Å²) in [6, 6.07) is 6.85. The number of hydrogen-bond donors (Lipinski definition) is 3. The lowest BCUT2D eigenvalue weighted by molar-refractivity contribution is -0.0582. The molecule has 0 radical (unpaired) electrons. The molecular formula is C23H22ClFN4O3. The third-order valence-electron chi connectivity index (χ3n) is 5.99. The number of aromatic amines is 1. The highest BCUT2D eigenvalue weighted by molar-refractivity contribution is 6.32. The fraction of sp³-hybridized carbons (Fsp3) is 0.304. The first-order valence-electron chi connectivity index (χ1n) is 10.4. The molecule has 0 saturated carbocycles. The van der Waals surface area contributed by atoms with Crippen LogP contribution in [0.2, 0.25) is 5.02 Å². The number of nitrogens with zero attached hydrogens (tertiary/aromatic N) is 1. The van der Waals surface area contributed by atoms with Gasteiger partial charge in [-0.2, -0.15) is 0 Å². The molecule has 2 aliphatic heterocycles. The SMILES string of the molecule is COc1c(Cl)cccc1Nc1c(-c2ccncc2F)[nH]c2c1C(=O)NC[C@H]2C[C@H]1CCO1. The number of ether oxygens (including phenoxy) is 2. The standard InChI is InChI=1S/C23H22ClFN4O3/c1-31-22-15(24)3-2-4-17(22)28-21-18-19(29-20(21)14-5-7-26-11-16(14)25)12(10-27-23(18)30)9-13-6-8-32-13/h2-5,7,11-13,28-29H,6,8-10H2,1H3,(H,27,30)/t12-,13-/m1/s1. The smallest absolute Gasteiger partial charge is 0.255 e. The van der Waals surface area contributed by atoms with Crippen LogP contribution in [-0.2, 0) is 4.74 Å². The number of amides is 1. The zero-order valence-electron chi connectivity index (χ0n) is 17.4. The average molecular weight is 457 g/mol. The van der Waals surface area contributed by atoms with Crippen molar-refractivity contribution in [3.8, 4) is 17.0 Å². The molecule has 166 valence electrons. The number of benzene rings is 1. The van der Waals surface area contributed by atoms with Gasteiger partial charge in [0.1, 0.15) is 0 Å². The molecule has 2 aromatic heterocycles. The molecule has 0 spiro atoms. The molecule has 3 aromatic rings. The lowest BCUT2D eigenvalue weighted by atomic mass is 9.89. The second-order valence-electron chi connectivity index (χ2n) is 7.89. The number of halogens is 2. The molecule has 9 heteroatoms. The quantitative estimate of drug-likeness (QED) is 0.503. The normalized spacial score (nSPS) is 19.7. The first kappa shape index (κ1) is 20.8. The van der Waals surface area contributed by atoms with E-state index in [1.165, 1.54) is 13.3 Å². The summed E-state index contributed by atoms with van der Waals surface area (Å²) in [6.45, 7) is 1.25. The van der Waals surface area contributed by atoms with Crippen molar-refractivity contribution < 1.29 is 18.7 Å². The highest BCUT2D eigenvalue weighted by Gasteiger charge is 2.35. The monoisotopic (exact) mass is 456 g/mol. The Bertz CT molecular complexity index is 1180. The minimum absolute atomic E-state index is 0.0217. The Morgan fingerprint density at radius 3 is 2.94 bits per heavy atom. The van der Waals surface area contributed by atoms with Crippen LogP contribution in [0.4, 0.5) is 15.8 Å². The number of carbonyl (C=O) groups excluding carboxylic acids is 1. The first-order chi connectivity index (χ1) is 15.6. The number of rotatable bonds is 6. The molecule has 4 heterocycles. The Hall–Kier alpha value is -3.10. The van der Waals surface area contributed by atoms with E-state index in [1.54, 1.807) is 24.3 Å². The number of pyridine rings is 1. The van der Waals surface area contributed by atoms with Crippen LogP contribution in [0.1, 0.15) is 34.8 Å². The van der Waals surface area contributed by atoms with E-state index in [2.05, 4.69) is 20.6 Å². The van der Waals surface area contributed by atoms with Crippen LogP contribution in [-0.4, -0.2) is 42.2 Å². The number of hydrogen-bond acceptors (Lipinski definition) is 5. The molecular weight excluding hydrogens is 435 g/mol. The fourth-order valence-electron chi connectivity index (χ4n) is 4.31. The minimum atomic E-state index is -0.494. The van der Waals surface area contributed by atoms with E-state index >= 15 is 0 Å². The van der Waals surface area contributed by atoms with E-state index in [1.807, 2.05) is 0 Å². The number of fused-ring (bicyclic) bond motifs is 1. The fourth-order valence-corrected chi connectivity index (χ4v) is 4.56. The van der Waals surface area contributed by atoms with Gasteiger partial charge in [-0.1, -0.05) is 17.7 Å². The highest BCUT2D eigenvalue weighted by Crippen LogP contribution is 2.44. The second kappa shape index (κ2) is 8.44. The molecule has 5 rings (SSSR count). The summed E-state index contributed by atoms with van der Waals surface area (Å²) >= 11 is 6.29. The van der Waals surface area contributed by atoms with Crippen molar-refractivity contribution in [1.29, 1.82) is 0 Å². The lowest BCUT2D eigenvalue weighted by Gasteiger charge is -2.32. The van der Waals surface area contributed by atoms with Crippen LogP contribution in [0, 0.1) is 5.82 Å². The van der Waals surface area contributed by atoms with Gasteiger partial charge < -0.3 is 25.1 Å². The number of methoxy groups -OCH3 is 1. The summed E-state index contributed by atoms with van der Waals surface area (Å²) in [6.07, 6.45) is 4.60. The van der Waals surface area contributed by atoms with Crippen LogP contribution in [0.15, 0.2) is 36.7 Å². The first-order valence-corrected chi connectivity index (χ1v) is 10.8. The van der Waals surface area contributed by atoms with Crippen molar-refractivity contribution in [2.75, 3.05) is 25.6 Å². The van der Waals surface area contributed by atoms with Crippen molar-refractivity contribution in [3.63, 3.8) is 0 Å². The topological polar surface area (TPSA) is 88.3 Å². The van der Waals surface area contributed by atoms with Crippen molar-refractivity contribution in [1.82, 2.24) is 15.3 Å². The Morgan fingerprint density at radius 1 is 1.38 bits per heavy atom. The number of H-pyrrole nitrogens is 1. The number of aromatic nitrogens is 2. The second-order valence-corrected chi connectivity index (χ2v) is 8.30. The molecule has 0 aliphatic carbocycles. The van der Waals surface area contributed by atoms with Crippen LogP contribution in [0.25, 0.3) is 11.3 Å². The van der Waals surface area contributed by atoms with Crippen LogP contribution < -0.4 is 15.4 Å². The molecule has 2 aliphatic rings. The van der Waals surface area contributed by atoms with E-state index in [9.17, 15) is 9.18 Å². The maximum Gasteiger partial charge on any atom is 0.255 e. The van der Waals surface area contributed by atoms with Crippen LogP contribution in [0.3, 0.4) is 0 Å². The molecule has 1 saturated heterocycles. The van der Waals surface area contributed by atoms with Gasteiger partial charge in [0, 0.05) is 36.5 Å². The maximum absolute atomic E-state index is 14.8. The van der Waals surface area contributed by atoms with Gasteiger partial charge in [-0.05, 0) is 31.0 Å². The largest absolute Gasteiger partial charge is 0.493 e. The zero-order valence-corrected chi connectivity index (χ0v) is 18.1. The van der Waals surface area contributed by atoms with Crippen molar-refractivity contribution in [2.45, 2.75) is 24.9 Å². The molecule has 2 atom stereocenters. The van der Waals surface area contributed by atoms with Crippen molar-refractivity contribution in [2.24, 2.45) is 0 Å². The Labute approximate surface area is 189 Å². The summed E-state index contributed by atoms with van der Waals surface area (Å²) in [5, 5.41) is 6.67. The summed E-state index contributed by atoms with van der Waals surface area (Å²) in [5.74, 6) is -0.271. The van der Waals surface area contributed by atoms with Gasteiger partial charge in [0.15, 0.2) is 11.6 Å². The molecule has 32 heavy (non-hydrogen) atoms. The molecule has 0 unspecified atom stereocenters. The third-order valence-corrected chi connectivity index (χ3v) is 6.28. The van der Waals surface area contributed by atoms with Gasteiger partial charge >= 0.3 is 0 Å². The van der Waals surface area contributed by atoms with Gasteiger partial charge in [0.2, 0.25) is 0 Å². The van der Waals surface area contributed by atoms with Crippen molar-refractivity contribution >= 4 is 28.9 Å². The molecule has 3 N–H and O–H groups in total. The van der Waals surface area contributed by atoms with Gasteiger partial charge in [0.25, 0.3) is 5.91 Å². The number of para-hydroxylation sites is 1. The Kier molecular flexibility index (Phi) is 5.48. The van der Waals surface area contributed by atoms with Gasteiger partial charge in [-0.3, -0.25) is 9.78 Å². The molecule has 1 amide bonds. The van der Waals surface area contributed by atoms with Gasteiger partial charge in [-0.15, -0.1) is 0 Å². The minimum Gasteiger partial charge on any atom is -0.493 e. The van der Waals surface area contributed by atoms with E-state index in [0.29, 0.717) is 45.5 Å². The number of anilines is 2. The predicted molar refractivity (Wildman–Crippen MR) is 119 cm³/mol. The van der Waals surface area contributed by atoms with Crippen molar-refractivity contribution in [3.05, 3.63) is 58.8 Å². The summed E-state index contributed by atoms with van der Waals surface area (Å²) in [7, 11) is 1.52.